The van der Waals surface area contributed by atoms with Crippen LogP contribution in [-0.2, 0) is 12.8 Å². The van der Waals surface area contributed by atoms with Crippen LogP contribution in [0.2, 0.25) is 0 Å². The number of anilines is 1. The average molecular weight is 350 g/mol. The van der Waals surface area contributed by atoms with Gasteiger partial charge in [0.05, 0.1) is 7.11 Å². The molecule has 1 N–H and O–H groups in total. The number of hydrogen-bond donors (Lipinski definition) is 1. The zero-order valence-corrected chi connectivity index (χ0v) is 13.4. The molecule has 21 heavy (non-hydrogen) atoms. The van der Waals surface area contributed by atoms with Crippen molar-refractivity contribution in [2.75, 3.05) is 19.0 Å². The Bertz CT molecular complexity index is 659. The van der Waals surface area contributed by atoms with Gasteiger partial charge in [-0.05, 0) is 35.7 Å². The maximum atomic E-state index is 14.8. The van der Waals surface area contributed by atoms with Crippen LogP contribution in [0.1, 0.15) is 22.9 Å². The maximum Gasteiger partial charge on any atom is 0.131 e. The Labute approximate surface area is 132 Å². The van der Waals surface area contributed by atoms with Crippen LogP contribution in [0, 0.1) is 0 Å². The molecule has 110 valence electrons. The number of para-hydroxylation sites is 1. The zero-order valence-electron chi connectivity index (χ0n) is 11.8. The van der Waals surface area contributed by atoms with Crippen molar-refractivity contribution in [3.05, 3.63) is 57.6 Å². The minimum Gasteiger partial charge on any atom is -0.496 e. The first-order valence-electron chi connectivity index (χ1n) is 7.01. The zero-order chi connectivity index (χ0) is 14.8. The smallest absolute Gasteiger partial charge is 0.131 e. The van der Waals surface area contributed by atoms with E-state index in [0.717, 1.165) is 40.0 Å². The second-order valence-electron chi connectivity index (χ2n) is 5.19. The molecule has 2 aromatic carbocycles. The van der Waals surface area contributed by atoms with Crippen molar-refractivity contribution in [2.24, 2.45) is 0 Å². The van der Waals surface area contributed by atoms with Crippen LogP contribution in [0.4, 0.5) is 10.1 Å². The molecule has 0 saturated heterocycles. The van der Waals surface area contributed by atoms with E-state index < -0.39 is 6.17 Å². The number of methoxy groups -OCH3 is 1. The molecular weight excluding hydrogens is 333 g/mol. The summed E-state index contributed by atoms with van der Waals surface area (Å²) in [7, 11) is 1.61. The molecule has 0 spiro atoms. The van der Waals surface area contributed by atoms with E-state index in [9.17, 15) is 4.39 Å². The number of fused-ring (bicyclic) bond motifs is 1. The number of halogens is 2. The molecule has 1 aliphatic rings. The lowest BCUT2D eigenvalue weighted by molar-refractivity contribution is 0.335. The van der Waals surface area contributed by atoms with Crippen molar-refractivity contribution >= 4 is 21.6 Å². The third-order valence-electron chi connectivity index (χ3n) is 3.86. The topological polar surface area (TPSA) is 21.3 Å². The van der Waals surface area contributed by atoms with E-state index in [4.69, 9.17) is 4.74 Å². The minimum absolute atomic E-state index is 0.306. The Balaban J connectivity index is 1.89. The van der Waals surface area contributed by atoms with E-state index in [1.807, 2.05) is 30.3 Å². The fourth-order valence-corrected chi connectivity index (χ4v) is 3.25. The Morgan fingerprint density at radius 1 is 1.33 bits per heavy atom. The second-order valence-corrected chi connectivity index (χ2v) is 6.10. The number of alkyl halides is 1. The first-order chi connectivity index (χ1) is 10.2. The van der Waals surface area contributed by atoms with Gasteiger partial charge in [0.2, 0.25) is 0 Å². The Morgan fingerprint density at radius 3 is 3.00 bits per heavy atom. The highest BCUT2D eigenvalue weighted by Gasteiger charge is 2.21. The van der Waals surface area contributed by atoms with Crippen molar-refractivity contribution in [3.8, 4) is 5.75 Å². The van der Waals surface area contributed by atoms with E-state index in [1.165, 1.54) is 5.56 Å². The van der Waals surface area contributed by atoms with Gasteiger partial charge in [-0.3, -0.25) is 0 Å². The molecule has 4 heteroatoms. The summed E-state index contributed by atoms with van der Waals surface area (Å²) >= 11 is 3.43. The van der Waals surface area contributed by atoms with Crippen molar-refractivity contribution in [1.82, 2.24) is 0 Å². The van der Waals surface area contributed by atoms with Crippen molar-refractivity contribution in [3.63, 3.8) is 0 Å². The fourth-order valence-electron chi connectivity index (χ4n) is 2.84. The molecule has 1 aliphatic heterocycles. The monoisotopic (exact) mass is 349 g/mol. The van der Waals surface area contributed by atoms with Gasteiger partial charge in [-0.25, -0.2) is 4.39 Å². The third-order valence-corrected chi connectivity index (χ3v) is 4.35. The van der Waals surface area contributed by atoms with Crippen molar-refractivity contribution in [2.45, 2.75) is 19.0 Å². The highest BCUT2D eigenvalue weighted by atomic mass is 79.9. The molecule has 0 bridgehead atoms. The van der Waals surface area contributed by atoms with Gasteiger partial charge < -0.3 is 10.1 Å². The second kappa shape index (κ2) is 6.06. The predicted octanol–water partition coefficient (Wildman–Crippen LogP) is 4.68. The van der Waals surface area contributed by atoms with Gasteiger partial charge in [0, 0.05) is 28.7 Å². The van der Waals surface area contributed by atoms with E-state index in [2.05, 4.69) is 27.3 Å². The van der Waals surface area contributed by atoms with Gasteiger partial charge in [-0.15, -0.1) is 0 Å². The van der Waals surface area contributed by atoms with Crippen LogP contribution in [0.5, 0.6) is 5.75 Å². The number of ether oxygens (including phenoxy) is 1. The molecule has 0 aromatic heterocycles. The third kappa shape index (κ3) is 2.91. The van der Waals surface area contributed by atoms with Gasteiger partial charge in [-0.1, -0.05) is 34.1 Å². The summed E-state index contributed by atoms with van der Waals surface area (Å²) in [5.41, 5.74) is 3.79. The standard InChI is InChI=1S/C17H17BrFNO/c1-21-16-6-5-13(18)9-12(16)10-15(19)14-4-2-3-11-7-8-20-17(11)14/h2-6,9,15,20H,7-8,10H2,1H3. The van der Waals surface area contributed by atoms with E-state index in [-0.39, 0.29) is 0 Å². The summed E-state index contributed by atoms with van der Waals surface area (Å²) in [5, 5.41) is 3.29. The van der Waals surface area contributed by atoms with Gasteiger partial charge in [0.1, 0.15) is 11.9 Å². The number of nitrogens with one attached hydrogen (secondary N) is 1. The molecule has 2 aromatic rings. The van der Waals surface area contributed by atoms with E-state index in [0.29, 0.717) is 6.42 Å². The molecule has 1 heterocycles. The quantitative estimate of drug-likeness (QED) is 0.865. The minimum atomic E-state index is -1.05. The van der Waals surface area contributed by atoms with Crippen LogP contribution in [0.15, 0.2) is 40.9 Å². The van der Waals surface area contributed by atoms with Crippen LogP contribution in [0.25, 0.3) is 0 Å². The van der Waals surface area contributed by atoms with Gasteiger partial charge in [-0.2, -0.15) is 0 Å². The molecule has 0 aliphatic carbocycles. The average Bonchev–Trinajstić information content (AvgIpc) is 2.95. The lowest BCUT2D eigenvalue weighted by Gasteiger charge is -2.15. The SMILES string of the molecule is COc1ccc(Br)cc1CC(F)c1cccc2c1NCC2. The lowest BCUT2D eigenvalue weighted by atomic mass is 9.98. The molecule has 0 amide bonds. The summed E-state index contributed by atoms with van der Waals surface area (Å²) in [4.78, 5) is 0. The van der Waals surface area contributed by atoms with E-state index in [1.54, 1.807) is 7.11 Å². The van der Waals surface area contributed by atoms with Gasteiger partial charge in [0.25, 0.3) is 0 Å². The normalized spacial score (nSPS) is 14.4. The van der Waals surface area contributed by atoms with Crippen molar-refractivity contribution in [1.29, 1.82) is 0 Å². The number of benzene rings is 2. The van der Waals surface area contributed by atoms with E-state index >= 15 is 0 Å². The lowest BCUT2D eigenvalue weighted by Crippen LogP contribution is -2.03. The Hall–Kier alpha value is -1.55. The highest BCUT2D eigenvalue weighted by Crippen LogP contribution is 2.36. The summed E-state index contributed by atoms with van der Waals surface area (Å²) < 4.78 is 21.1. The van der Waals surface area contributed by atoms with Crippen LogP contribution in [0.3, 0.4) is 0 Å². The largest absolute Gasteiger partial charge is 0.496 e. The van der Waals surface area contributed by atoms with Crippen LogP contribution >= 0.6 is 15.9 Å². The molecule has 3 rings (SSSR count). The number of hydrogen-bond acceptors (Lipinski definition) is 2. The first kappa shape index (κ1) is 14.4. The maximum absolute atomic E-state index is 14.8. The number of rotatable bonds is 4. The van der Waals surface area contributed by atoms with Gasteiger partial charge >= 0.3 is 0 Å². The summed E-state index contributed by atoms with van der Waals surface area (Å²) in [6, 6.07) is 11.5. The molecule has 1 unspecified atom stereocenters. The highest BCUT2D eigenvalue weighted by molar-refractivity contribution is 9.10. The Morgan fingerprint density at radius 2 is 2.19 bits per heavy atom. The van der Waals surface area contributed by atoms with Crippen LogP contribution < -0.4 is 10.1 Å². The summed E-state index contributed by atoms with van der Waals surface area (Å²) in [6.45, 7) is 0.888. The summed E-state index contributed by atoms with van der Waals surface area (Å²) in [6.07, 6.45) is 0.227. The molecule has 2 nitrogen and oxygen atoms in total. The molecule has 0 saturated carbocycles. The summed E-state index contributed by atoms with van der Waals surface area (Å²) in [5.74, 6) is 0.724. The molecule has 0 radical (unpaired) electrons. The fraction of sp³-hybridized carbons (Fsp3) is 0.294. The predicted molar refractivity (Wildman–Crippen MR) is 86.9 cm³/mol. The van der Waals surface area contributed by atoms with Crippen LogP contribution in [-0.4, -0.2) is 13.7 Å². The van der Waals surface area contributed by atoms with Gasteiger partial charge in [0.15, 0.2) is 0 Å². The molecular formula is C17H17BrFNO. The van der Waals surface area contributed by atoms with Crippen molar-refractivity contribution < 1.29 is 9.13 Å². The Kier molecular flexibility index (Phi) is 4.15. The molecule has 1 atom stereocenters. The first-order valence-corrected chi connectivity index (χ1v) is 7.80. The molecule has 0 fully saturated rings.